The van der Waals surface area contributed by atoms with Gasteiger partial charge in [0.25, 0.3) is 0 Å². The van der Waals surface area contributed by atoms with E-state index in [-0.39, 0.29) is 5.75 Å². The second kappa shape index (κ2) is 2.44. The summed E-state index contributed by atoms with van der Waals surface area (Å²) in [4.78, 5) is 0. The summed E-state index contributed by atoms with van der Waals surface area (Å²) in [5.74, 6) is -0.269. The van der Waals surface area contributed by atoms with Crippen LogP contribution >= 0.6 is 0 Å². The van der Waals surface area contributed by atoms with Gasteiger partial charge in [-0.1, -0.05) is 13.8 Å². The van der Waals surface area contributed by atoms with Gasteiger partial charge < -0.3 is 0 Å². The van der Waals surface area contributed by atoms with Crippen molar-refractivity contribution in [1.82, 2.24) is 0 Å². The van der Waals surface area contributed by atoms with Gasteiger partial charge in [0.2, 0.25) is 0 Å². The fourth-order valence-electron chi connectivity index (χ4n) is 1.70. The summed E-state index contributed by atoms with van der Waals surface area (Å²) < 4.78 is 35.4. The molecule has 1 aliphatic heterocycles. The smallest absolute Gasteiger partial charge is 0.159 e. The first-order chi connectivity index (χ1) is 4.96. The van der Waals surface area contributed by atoms with Crippen molar-refractivity contribution in [2.45, 2.75) is 37.6 Å². The minimum absolute atomic E-state index is 0.269. The van der Waals surface area contributed by atoms with Crippen LogP contribution in [0.15, 0.2) is 0 Å². The molecule has 2 unspecified atom stereocenters. The third kappa shape index (κ3) is 1.17. The van der Waals surface area contributed by atoms with Gasteiger partial charge >= 0.3 is 0 Å². The molecule has 0 N–H and O–H groups in total. The van der Waals surface area contributed by atoms with Crippen LogP contribution in [0.2, 0.25) is 0 Å². The van der Waals surface area contributed by atoms with E-state index in [0.29, 0.717) is 12.8 Å². The summed E-state index contributed by atoms with van der Waals surface area (Å²) in [6.07, 6.45) is 0.706. The van der Waals surface area contributed by atoms with E-state index in [0.717, 1.165) is 0 Å². The standard InChI is InChI=1S/C7H13FO2S/c1-3-6-7(8,4-2)5-11(6,9)10/h6H,3-5H2,1-2H3. The van der Waals surface area contributed by atoms with Crippen molar-refractivity contribution in [2.24, 2.45) is 0 Å². The van der Waals surface area contributed by atoms with Crippen molar-refractivity contribution in [1.29, 1.82) is 0 Å². The topological polar surface area (TPSA) is 34.1 Å². The minimum Gasteiger partial charge on any atom is -0.241 e. The van der Waals surface area contributed by atoms with E-state index < -0.39 is 20.8 Å². The number of sulfone groups is 1. The average Bonchev–Trinajstić information content (AvgIpc) is 1.86. The van der Waals surface area contributed by atoms with Crippen LogP contribution in [0.1, 0.15) is 26.7 Å². The molecule has 1 aliphatic rings. The van der Waals surface area contributed by atoms with Crippen LogP contribution in [-0.4, -0.2) is 25.1 Å². The van der Waals surface area contributed by atoms with Crippen LogP contribution in [0, 0.1) is 0 Å². The third-order valence-electron chi connectivity index (χ3n) is 2.41. The molecule has 66 valence electrons. The van der Waals surface area contributed by atoms with Gasteiger partial charge in [0.15, 0.2) is 9.84 Å². The van der Waals surface area contributed by atoms with Crippen molar-refractivity contribution < 1.29 is 12.8 Å². The lowest BCUT2D eigenvalue weighted by Crippen LogP contribution is -2.59. The van der Waals surface area contributed by atoms with E-state index in [9.17, 15) is 12.8 Å². The zero-order valence-corrected chi connectivity index (χ0v) is 7.62. The van der Waals surface area contributed by atoms with Gasteiger partial charge in [0, 0.05) is 0 Å². The highest BCUT2D eigenvalue weighted by Gasteiger charge is 2.57. The molecule has 1 rings (SSSR count). The Labute approximate surface area is 66.7 Å². The Bertz CT molecular complexity index is 247. The van der Waals surface area contributed by atoms with Gasteiger partial charge in [-0.05, 0) is 12.8 Å². The molecule has 0 aromatic heterocycles. The molecule has 0 saturated carbocycles. The molecule has 1 saturated heterocycles. The number of alkyl halides is 1. The van der Waals surface area contributed by atoms with Crippen LogP contribution in [0.3, 0.4) is 0 Å². The molecule has 4 heteroatoms. The Kier molecular flexibility index (Phi) is 1.99. The normalized spacial score (nSPS) is 41.5. The van der Waals surface area contributed by atoms with E-state index in [2.05, 4.69) is 0 Å². The average molecular weight is 180 g/mol. The lowest BCUT2D eigenvalue weighted by atomic mass is 9.97. The molecular formula is C7H13FO2S. The zero-order valence-electron chi connectivity index (χ0n) is 6.80. The van der Waals surface area contributed by atoms with Gasteiger partial charge in [0.1, 0.15) is 5.67 Å². The largest absolute Gasteiger partial charge is 0.241 e. The third-order valence-corrected chi connectivity index (χ3v) is 4.92. The van der Waals surface area contributed by atoms with Crippen molar-refractivity contribution in [3.8, 4) is 0 Å². The number of rotatable bonds is 2. The highest BCUT2D eigenvalue weighted by molar-refractivity contribution is 7.93. The highest BCUT2D eigenvalue weighted by Crippen LogP contribution is 2.40. The van der Waals surface area contributed by atoms with Gasteiger partial charge in [0.05, 0.1) is 11.0 Å². The number of hydrogen-bond acceptors (Lipinski definition) is 2. The molecule has 11 heavy (non-hydrogen) atoms. The number of hydrogen-bond donors (Lipinski definition) is 0. The van der Waals surface area contributed by atoms with E-state index in [1.807, 2.05) is 0 Å². The fraction of sp³-hybridized carbons (Fsp3) is 1.00. The van der Waals surface area contributed by atoms with Gasteiger partial charge in [-0.15, -0.1) is 0 Å². The van der Waals surface area contributed by atoms with E-state index in [4.69, 9.17) is 0 Å². The van der Waals surface area contributed by atoms with E-state index >= 15 is 0 Å². The first-order valence-corrected chi connectivity index (χ1v) is 5.58. The highest BCUT2D eigenvalue weighted by atomic mass is 32.2. The molecule has 1 heterocycles. The summed E-state index contributed by atoms with van der Waals surface area (Å²) >= 11 is 0. The van der Waals surface area contributed by atoms with Crippen LogP contribution in [0.5, 0.6) is 0 Å². The summed E-state index contributed by atoms with van der Waals surface area (Å²) in [6.45, 7) is 3.41. The first kappa shape index (κ1) is 8.97. The van der Waals surface area contributed by atoms with E-state index in [1.54, 1.807) is 13.8 Å². The molecule has 0 aromatic carbocycles. The lowest BCUT2D eigenvalue weighted by molar-refractivity contribution is 0.149. The molecule has 1 fully saturated rings. The Morgan fingerprint density at radius 1 is 1.55 bits per heavy atom. The predicted molar refractivity (Wildman–Crippen MR) is 42.0 cm³/mol. The quantitative estimate of drug-likeness (QED) is 0.642. The molecule has 0 radical (unpaired) electrons. The maximum atomic E-state index is 13.4. The second-order valence-corrected chi connectivity index (χ2v) is 5.28. The Morgan fingerprint density at radius 3 is 2.27 bits per heavy atom. The molecule has 0 spiro atoms. The van der Waals surface area contributed by atoms with Crippen LogP contribution < -0.4 is 0 Å². The molecule has 0 bridgehead atoms. The monoisotopic (exact) mass is 180 g/mol. The van der Waals surface area contributed by atoms with Crippen molar-refractivity contribution in [3.05, 3.63) is 0 Å². The van der Waals surface area contributed by atoms with E-state index in [1.165, 1.54) is 0 Å². The van der Waals surface area contributed by atoms with Crippen LogP contribution in [-0.2, 0) is 9.84 Å². The fourth-order valence-corrected chi connectivity index (χ4v) is 4.08. The molecule has 0 amide bonds. The maximum Gasteiger partial charge on any atom is 0.159 e. The summed E-state index contributed by atoms with van der Waals surface area (Å²) in [5.41, 5.74) is -1.42. The summed E-state index contributed by atoms with van der Waals surface area (Å²) in [5, 5.41) is -0.736. The molecule has 0 aromatic rings. The second-order valence-electron chi connectivity index (χ2n) is 3.09. The van der Waals surface area contributed by atoms with Gasteiger partial charge in [-0.2, -0.15) is 0 Å². The zero-order chi connectivity index (χ0) is 8.70. The van der Waals surface area contributed by atoms with Crippen LogP contribution in [0.25, 0.3) is 0 Å². The molecule has 2 atom stereocenters. The molecular weight excluding hydrogens is 167 g/mol. The SMILES string of the molecule is CCC1C(F)(CC)CS1(=O)=O. The van der Waals surface area contributed by atoms with Crippen LogP contribution in [0.4, 0.5) is 4.39 Å². The van der Waals surface area contributed by atoms with Crippen molar-refractivity contribution in [2.75, 3.05) is 5.75 Å². The Hall–Kier alpha value is -0.120. The first-order valence-electron chi connectivity index (χ1n) is 3.86. The molecule has 0 aliphatic carbocycles. The van der Waals surface area contributed by atoms with Crippen molar-refractivity contribution in [3.63, 3.8) is 0 Å². The van der Waals surface area contributed by atoms with Gasteiger partial charge in [-0.25, -0.2) is 12.8 Å². The lowest BCUT2D eigenvalue weighted by Gasteiger charge is -2.41. The summed E-state index contributed by atoms with van der Waals surface area (Å²) in [7, 11) is -3.07. The number of halogens is 1. The Balaban J connectivity index is 2.83. The maximum absolute atomic E-state index is 13.4. The van der Waals surface area contributed by atoms with Gasteiger partial charge in [-0.3, -0.25) is 0 Å². The summed E-state index contributed by atoms with van der Waals surface area (Å²) in [6, 6.07) is 0. The minimum atomic E-state index is -3.07. The molecule has 2 nitrogen and oxygen atoms in total. The predicted octanol–water partition coefficient (Wildman–Crippen LogP) is 1.31. The van der Waals surface area contributed by atoms with Crippen molar-refractivity contribution >= 4 is 9.84 Å². The Morgan fingerprint density at radius 2 is 2.09 bits per heavy atom.